The highest BCUT2D eigenvalue weighted by atomic mass is 35.5. The predicted molar refractivity (Wildman–Crippen MR) is 87.4 cm³/mol. The molecule has 0 aliphatic rings. The summed E-state index contributed by atoms with van der Waals surface area (Å²) in [5, 5.41) is 0. The Hall–Kier alpha value is -1.06. The van der Waals surface area contributed by atoms with E-state index in [9.17, 15) is 4.79 Å². The van der Waals surface area contributed by atoms with Gasteiger partial charge in [0.1, 0.15) is 0 Å². The summed E-state index contributed by atoms with van der Waals surface area (Å²) in [5.41, 5.74) is 1.92. The number of carbonyl (C=O) groups excluding carboxylic acids is 1. The SMILES string of the molecule is CC(C)OC(=O)c1ccc([C@@H](CCC(C)(C)C)NCl)cc1. The summed E-state index contributed by atoms with van der Waals surface area (Å²) in [6, 6.07) is 7.52. The van der Waals surface area contributed by atoms with E-state index >= 15 is 0 Å². The molecule has 3 nitrogen and oxygen atoms in total. The first-order chi connectivity index (χ1) is 9.73. The van der Waals surface area contributed by atoms with Crippen LogP contribution in [0.15, 0.2) is 24.3 Å². The molecule has 0 bridgehead atoms. The van der Waals surface area contributed by atoms with Crippen molar-refractivity contribution in [3.63, 3.8) is 0 Å². The number of ether oxygens (including phenoxy) is 1. The van der Waals surface area contributed by atoms with Gasteiger partial charge < -0.3 is 4.74 Å². The number of rotatable bonds is 6. The molecule has 0 radical (unpaired) electrons. The van der Waals surface area contributed by atoms with Crippen LogP contribution < -0.4 is 4.84 Å². The van der Waals surface area contributed by atoms with Crippen LogP contribution in [0.5, 0.6) is 0 Å². The van der Waals surface area contributed by atoms with Gasteiger partial charge in [-0.1, -0.05) is 32.9 Å². The fraction of sp³-hybridized carbons (Fsp3) is 0.588. The van der Waals surface area contributed by atoms with Crippen LogP contribution >= 0.6 is 11.8 Å². The Morgan fingerprint density at radius 1 is 1.24 bits per heavy atom. The minimum Gasteiger partial charge on any atom is -0.459 e. The maximum atomic E-state index is 11.8. The third kappa shape index (κ3) is 6.49. The van der Waals surface area contributed by atoms with Crippen LogP contribution in [-0.4, -0.2) is 12.1 Å². The molecule has 0 aromatic heterocycles. The van der Waals surface area contributed by atoms with Gasteiger partial charge in [0.25, 0.3) is 0 Å². The Kier molecular flexibility index (Phi) is 6.69. The van der Waals surface area contributed by atoms with E-state index in [-0.39, 0.29) is 23.5 Å². The first-order valence-corrected chi connectivity index (χ1v) is 7.78. The van der Waals surface area contributed by atoms with Gasteiger partial charge in [0, 0.05) is 6.04 Å². The fourth-order valence-electron chi connectivity index (χ4n) is 2.00. The van der Waals surface area contributed by atoms with Gasteiger partial charge >= 0.3 is 5.97 Å². The summed E-state index contributed by atoms with van der Waals surface area (Å²) in [4.78, 5) is 14.6. The largest absolute Gasteiger partial charge is 0.459 e. The van der Waals surface area contributed by atoms with Crippen molar-refractivity contribution in [1.82, 2.24) is 4.84 Å². The summed E-state index contributed by atoms with van der Waals surface area (Å²) in [6.45, 7) is 10.3. The van der Waals surface area contributed by atoms with Crippen LogP contribution in [0.3, 0.4) is 0 Å². The zero-order chi connectivity index (χ0) is 16.0. The van der Waals surface area contributed by atoms with Crippen LogP contribution in [-0.2, 0) is 4.74 Å². The lowest BCUT2D eigenvalue weighted by Crippen LogP contribution is -2.16. The van der Waals surface area contributed by atoms with Gasteiger partial charge in [0.2, 0.25) is 0 Å². The number of carbonyl (C=O) groups is 1. The molecule has 4 heteroatoms. The van der Waals surface area contributed by atoms with Gasteiger partial charge in [-0.2, -0.15) is 0 Å². The van der Waals surface area contributed by atoms with E-state index in [1.807, 2.05) is 26.0 Å². The van der Waals surface area contributed by atoms with Crippen LogP contribution in [0.1, 0.15) is 69.4 Å². The van der Waals surface area contributed by atoms with Crippen LogP contribution in [0.4, 0.5) is 0 Å². The lowest BCUT2D eigenvalue weighted by molar-refractivity contribution is 0.0378. The summed E-state index contributed by atoms with van der Waals surface area (Å²) in [5.74, 6) is -0.290. The molecular formula is C17H26ClNO2. The zero-order valence-corrected chi connectivity index (χ0v) is 14.3. The van der Waals surface area contributed by atoms with Crippen LogP contribution in [0.2, 0.25) is 0 Å². The molecule has 0 saturated heterocycles. The highest BCUT2D eigenvalue weighted by molar-refractivity contribution is 6.13. The molecule has 0 aliphatic heterocycles. The van der Waals surface area contributed by atoms with Crippen LogP contribution in [0.25, 0.3) is 0 Å². The number of benzene rings is 1. The van der Waals surface area contributed by atoms with Crippen molar-refractivity contribution in [2.75, 3.05) is 0 Å². The number of halogens is 1. The third-order valence-corrected chi connectivity index (χ3v) is 3.47. The zero-order valence-electron chi connectivity index (χ0n) is 13.6. The average Bonchev–Trinajstić information content (AvgIpc) is 2.38. The van der Waals surface area contributed by atoms with Crippen molar-refractivity contribution >= 4 is 17.7 Å². The maximum Gasteiger partial charge on any atom is 0.338 e. The first kappa shape index (κ1) is 18.0. The molecule has 1 atom stereocenters. The molecular weight excluding hydrogens is 286 g/mol. The van der Waals surface area contributed by atoms with Crippen molar-refractivity contribution in [2.24, 2.45) is 5.41 Å². The fourth-order valence-corrected chi connectivity index (χ4v) is 2.23. The van der Waals surface area contributed by atoms with Crippen molar-refractivity contribution in [3.8, 4) is 0 Å². The molecule has 0 amide bonds. The molecule has 1 aromatic rings. The van der Waals surface area contributed by atoms with Gasteiger partial charge in [-0.15, -0.1) is 0 Å². The number of hydrogen-bond acceptors (Lipinski definition) is 3. The molecule has 21 heavy (non-hydrogen) atoms. The maximum absolute atomic E-state index is 11.8. The van der Waals surface area contributed by atoms with E-state index in [4.69, 9.17) is 16.5 Å². The quantitative estimate of drug-likeness (QED) is 0.602. The highest BCUT2D eigenvalue weighted by Crippen LogP contribution is 2.28. The summed E-state index contributed by atoms with van der Waals surface area (Å²) in [6.07, 6.45) is 1.90. The van der Waals surface area contributed by atoms with E-state index < -0.39 is 0 Å². The Morgan fingerprint density at radius 2 is 1.81 bits per heavy atom. The number of hydrogen-bond donors (Lipinski definition) is 1. The Balaban J connectivity index is 2.73. The molecule has 1 N–H and O–H groups in total. The molecule has 1 aromatic carbocycles. The molecule has 0 spiro atoms. The lowest BCUT2D eigenvalue weighted by atomic mass is 9.87. The Morgan fingerprint density at radius 3 is 2.24 bits per heavy atom. The molecule has 0 saturated carbocycles. The minimum absolute atomic E-state index is 0.0843. The van der Waals surface area contributed by atoms with E-state index in [0.29, 0.717) is 5.56 Å². The summed E-state index contributed by atoms with van der Waals surface area (Å²) < 4.78 is 5.17. The van der Waals surface area contributed by atoms with Gasteiger partial charge in [-0.05, 0) is 61.6 Å². The second-order valence-corrected chi connectivity index (χ2v) is 7.06. The van der Waals surface area contributed by atoms with Gasteiger partial charge in [-0.25, -0.2) is 9.63 Å². The second-order valence-electron chi connectivity index (χ2n) is 6.84. The lowest BCUT2D eigenvalue weighted by Gasteiger charge is -2.22. The molecule has 0 aliphatic carbocycles. The summed E-state index contributed by atoms with van der Waals surface area (Å²) in [7, 11) is 0. The smallest absolute Gasteiger partial charge is 0.338 e. The number of nitrogens with one attached hydrogen (secondary N) is 1. The van der Waals surface area contributed by atoms with Gasteiger partial charge in [0.15, 0.2) is 0 Å². The molecule has 0 fully saturated rings. The van der Waals surface area contributed by atoms with Crippen molar-refractivity contribution < 1.29 is 9.53 Å². The van der Waals surface area contributed by atoms with Gasteiger partial charge in [-0.3, -0.25) is 0 Å². The van der Waals surface area contributed by atoms with E-state index in [1.165, 1.54) is 0 Å². The highest BCUT2D eigenvalue weighted by Gasteiger charge is 2.17. The average molecular weight is 312 g/mol. The predicted octanol–water partition coefficient (Wildman–Crippen LogP) is 4.86. The minimum atomic E-state index is -0.290. The van der Waals surface area contributed by atoms with Crippen molar-refractivity contribution in [2.45, 2.75) is 59.6 Å². The normalized spacial score (nSPS) is 13.3. The third-order valence-electron chi connectivity index (χ3n) is 3.21. The van der Waals surface area contributed by atoms with Gasteiger partial charge in [0.05, 0.1) is 11.7 Å². The first-order valence-electron chi connectivity index (χ1n) is 7.40. The standard InChI is InChI=1S/C17H26ClNO2/c1-12(2)21-16(20)14-8-6-13(7-9-14)15(19-18)10-11-17(3,4)5/h6-9,12,15,19H,10-11H2,1-5H3/t15-/m1/s1. The second kappa shape index (κ2) is 7.81. The van der Waals surface area contributed by atoms with Crippen molar-refractivity contribution in [1.29, 1.82) is 0 Å². The molecule has 118 valence electrons. The van der Waals surface area contributed by atoms with E-state index in [1.54, 1.807) is 12.1 Å². The van der Waals surface area contributed by atoms with Crippen LogP contribution in [0, 0.1) is 5.41 Å². The van der Waals surface area contributed by atoms with E-state index in [2.05, 4.69) is 25.6 Å². The number of esters is 1. The molecule has 1 rings (SSSR count). The van der Waals surface area contributed by atoms with Crippen molar-refractivity contribution in [3.05, 3.63) is 35.4 Å². The Labute approximate surface area is 133 Å². The molecule has 0 heterocycles. The Bertz CT molecular complexity index is 449. The van der Waals surface area contributed by atoms with E-state index in [0.717, 1.165) is 18.4 Å². The topological polar surface area (TPSA) is 38.3 Å². The summed E-state index contributed by atoms with van der Waals surface area (Å²) >= 11 is 5.86. The molecule has 0 unspecified atom stereocenters. The monoisotopic (exact) mass is 311 g/mol.